The van der Waals surface area contributed by atoms with E-state index in [2.05, 4.69) is 33.0 Å². The number of rotatable bonds is 9. The number of nitrogens with two attached hydrogens (primary N) is 2. The Kier molecular flexibility index (Phi) is 13.0. The summed E-state index contributed by atoms with van der Waals surface area (Å²) in [7, 11) is 0. The molecule has 0 aliphatic rings. The van der Waals surface area contributed by atoms with Gasteiger partial charge in [0.25, 0.3) is 0 Å². The summed E-state index contributed by atoms with van der Waals surface area (Å²) >= 11 is 0. The van der Waals surface area contributed by atoms with Crippen LogP contribution >= 0.6 is 0 Å². The minimum absolute atomic E-state index is 0.112. The number of carboxylic acids is 1. The number of guanidine groups is 1. The third kappa shape index (κ3) is 11.0. The van der Waals surface area contributed by atoms with Crippen LogP contribution in [0.15, 0.2) is 0 Å². The van der Waals surface area contributed by atoms with Crippen LogP contribution in [-0.2, 0) is 4.79 Å². The summed E-state index contributed by atoms with van der Waals surface area (Å²) in [5.74, 6) is -1.11. The highest BCUT2D eigenvalue weighted by atomic mass is 16.4. The fourth-order valence-corrected chi connectivity index (χ4v) is 2.01. The van der Waals surface area contributed by atoms with Gasteiger partial charge in [-0.25, -0.2) is 0 Å². The van der Waals surface area contributed by atoms with E-state index in [0.29, 0.717) is 19.4 Å². The molecule has 0 aromatic heterocycles. The number of carboxylic acid groups (broad SMARTS) is 1. The van der Waals surface area contributed by atoms with Crippen LogP contribution in [0.1, 0.15) is 40.5 Å². The summed E-state index contributed by atoms with van der Waals surface area (Å²) in [5.41, 5.74) is 10.2. The van der Waals surface area contributed by atoms with E-state index in [-0.39, 0.29) is 5.96 Å². The van der Waals surface area contributed by atoms with Crippen molar-refractivity contribution in [3.8, 4) is 0 Å². The molecule has 0 aromatic rings. The molecule has 1 atom stereocenters. The lowest BCUT2D eigenvalue weighted by Gasteiger charge is -2.34. The van der Waals surface area contributed by atoms with E-state index in [9.17, 15) is 4.79 Å². The van der Waals surface area contributed by atoms with Gasteiger partial charge < -0.3 is 26.4 Å². The maximum absolute atomic E-state index is 10.2. The molecule has 0 aliphatic heterocycles. The third-order valence-electron chi connectivity index (χ3n) is 4.01. The Labute approximate surface area is 128 Å². The van der Waals surface area contributed by atoms with Crippen LogP contribution in [0.25, 0.3) is 0 Å². The van der Waals surface area contributed by atoms with Gasteiger partial charge in [-0.1, -0.05) is 0 Å². The molecule has 0 aromatic carbocycles. The zero-order chi connectivity index (χ0) is 16.9. The molecular formula is C14H34N5O2+. The van der Waals surface area contributed by atoms with E-state index in [4.69, 9.17) is 22.0 Å². The number of hydrogen-bond donors (Lipinski definition) is 5. The van der Waals surface area contributed by atoms with Gasteiger partial charge in [0.2, 0.25) is 0 Å². The monoisotopic (exact) mass is 304 g/mol. The number of hydrogen-bond acceptors (Lipinski definition) is 3. The molecule has 0 fully saturated rings. The Morgan fingerprint density at radius 1 is 1.19 bits per heavy atom. The van der Waals surface area contributed by atoms with E-state index >= 15 is 0 Å². The van der Waals surface area contributed by atoms with E-state index in [1.807, 2.05) is 0 Å². The lowest BCUT2D eigenvalue weighted by Crippen LogP contribution is -2.47. The van der Waals surface area contributed by atoms with Crippen LogP contribution in [-0.4, -0.2) is 60.3 Å². The van der Waals surface area contributed by atoms with Gasteiger partial charge in [0.15, 0.2) is 5.96 Å². The van der Waals surface area contributed by atoms with Gasteiger partial charge in [-0.05, 0) is 40.5 Å². The Morgan fingerprint density at radius 2 is 1.62 bits per heavy atom. The lowest BCUT2D eigenvalue weighted by atomic mass is 10.2. The summed E-state index contributed by atoms with van der Waals surface area (Å²) in [6.45, 7) is 14.7. The SMILES string of the molecule is CC[N+](CC)(CC)CC.N=C(N)NCCCC(N)C(=O)O. The van der Waals surface area contributed by atoms with Crippen LogP contribution in [0.2, 0.25) is 0 Å². The highest BCUT2D eigenvalue weighted by Gasteiger charge is 2.16. The first-order valence-electron chi connectivity index (χ1n) is 7.69. The normalized spacial score (nSPS) is 12.0. The van der Waals surface area contributed by atoms with Gasteiger partial charge in [0.1, 0.15) is 6.04 Å². The molecule has 0 rings (SSSR count). The second-order valence-electron chi connectivity index (χ2n) is 5.03. The third-order valence-corrected chi connectivity index (χ3v) is 4.01. The van der Waals surface area contributed by atoms with Crippen molar-refractivity contribution in [3.63, 3.8) is 0 Å². The van der Waals surface area contributed by atoms with Gasteiger partial charge in [0, 0.05) is 6.54 Å². The summed E-state index contributed by atoms with van der Waals surface area (Å²) in [4.78, 5) is 10.2. The molecule has 0 amide bonds. The van der Waals surface area contributed by atoms with Crippen molar-refractivity contribution in [2.75, 3.05) is 32.7 Å². The molecule has 0 saturated heterocycles. The fourth-order valence-electron chi connectivity index (χ4n) is 2.01. The maximum atomic E-state index is 10.2. The number of nitrogens with one attached hydrogen (secondary N) is 2. The zero-order valence-corrected chi connectivity index (χ0v) is 14.0. The average Bonchev–Trinajstić information content (AvgIpc) is 2.47. The predicted molar refractivity (Wildman–Crippen MR) is 87.2 cm³/mol. The van der Waals surface area contributed by atoms with Crippen molar-refractivity contribution in [1.82, 2.24) is 5.32 Å². The first-order chi connectivity index (χ1) is 9.78. The quantitative estimate of drug-likeness (QED) is 0.184. The first-order valence-corrected chi connectivity index (χ1v) is 7.69. The largest absolute Gasteiger partial charge is 0.480 e. The van der Waals surface area contributed by atoms with Crippen molar-refractivity contribution in [1.29, 1.82) is 5.41 Å². The summed E-state index contributed by atoms with van der Waals surface area (Å²) < 4.78 is 1.28. The van der Waals surface area contributed by atoms with Gasteiger partial charge >= 0.3 is 5.97 Å². The topological polar surface area (TPSA) is 125 Å². The van der Waals surface area contributed by atoms with Gasteiger partial charge in [-0.2, -0.15) is 0 Å². The highest BCUT2D eigenvalue weighted by Crippen LogP contribution is 2.03. The first kappa shape index (κ1) is 21.9. The summed E-state index contributed by atoms with van der Waals surface area (Å²) in [6, 6.07) is -0.821. The van der Waals surface area contributed by atoms with Crippen LogP contribution in [0.3, 0.4) is 0 Å². The van der Waals surface area contributed by atoms with Crippen molar-refractivity contribution in [2.45, 2.75) is 46.6 Å². The second kappa shape index (κ2) is 12.4. The Hall–Kier alpha value is -1.34. The standard InChI is InChI=1S/C8H20N.C6H14N4O2/c1-5-9(6-2,7-3)8-4;7-4(5(11)12)2-1-3-10-6(8)9/h5-8H2,1-4H3;4H,1-3,7H2,(H,11,12)(H4,8,9,10)/q+1;. The molecule has 7 heteroatoms. The lowest BCUT2D eigenvalue weighted by molar-refractivity contribution is -0.921. The molecule has 0 bridgehead atoms. The molecule has 0 radical (unpaired) electrons. The molecule has 0 saturated carbocycles. The van der Waals surface area contributed by atoms with Crippen molar-refractivity contribution >= 4 is 11.9 Å². The Balaban J connectivity index is 0. The molecule has 126 valence electrons. The molecule has 7 N–H and O–H groups in total. The second-order valence-corrected chi connectivity index (χ2v) is 5.03. The van der Waals surface area contributed by atoms with Crippen LogP contribution in [0, 0.1) is 5.41 Å². The highest BCUT2D eigenvalue weighted by molar-refractivity contribution is 5.74. The van der Waals surface area contributed by atoms with Crippen LogP contribution < -0.4 is 16.8 Å². The summed E-state index contributed by atoms with van der Waals surface area (Å²) in [6.07, 6.45) is 0.975. The van der Waals surface area contributed by atoms with Gasteiger partial charge in [-0.3, -0.25) is 10.2 Å². The number of aliphatic carboxylic acids is 1. The van der Waals surface area contributed by atoms with Crippen LogP contribution in [0.5, 0.6) is 0 Å². The van der Waals surface area contributed by atoms with Crippen molar-refractivity contribution in [3.05, 3.63) is 0 Å². The molecular weight excluding hydrogens is 270 g/mol. The molecule has 0 heterocycles. The molecule has 21 heavy (non-hydrogen) atoms. The number of quaternary nitrogens is 1. The van der Waals surface area contributed by atoms with E-state index in [1.54, 1.807) is 0 Å². The average molecular weight is 304 g/mol. The molecule has 0 spiro atoms. The Bertz CT molecular complexity index is 276. The minimum atomic E-state index is -1.00. The van der Waals surface area contributed by atoms with E-state index < -0.39 is 12.0 Å². The smallest absolute Gasteiger partial charge is 0.320 e. The van der Waals surface area contributed by atoms with Gasteiger partial charge in [-0.15, -0.1) is 0 Å². The van der Waals surface area contributed by atoms with E-state index in [1.165, 1.54) is 30.7 Å². The molecule has 0 aliphatic carbocycles. The Morgan fingerprint density at radius 3 is 1.86 bits per heavy atom. The molecule has 1 unspecified atom stereocenters. The minimum Gasteiger partial charge on any atom is -0.480 e. The van der Waals surface area contributed by atoms with Crippen molar-refractivity contribution < 1.29 is 14.4 Å². The van der Waals surface area contributed by atoms with Crippen molar-refractivity contribution in [2.24, 2.45) is 11.5 Å². The van der Waals surface area contributed by atoms with E-state index in [0.717, 1.165) is 0 Å². The molecule has 7 nitrogen and oxygen atoms in total. The maximum Gasteiger partial charge on any atom is 0.320 e. The summed E-state index contributed by atoms with van der Waals surface area (Å²) in [5, 5.41) is 17.7. The number of nitrogens with zero attached hydrogens (tertiary/aromatic N) is 1. The predicted octanol–water partition coefficient (Wildman–Crippen LogP) is 0.544. The van der Waals surface area contributed by atoms with Gasteiger partial charge in [0.05, 0.1) is 26.2 Å². The fraction of sp³-hybridized carbons (Fsp3) is 0.857. The number of carbonyl (C=O) groups is 1. The van der Waals surface area contributed by atoms with Crippen LogP contribution in [0.4, 0.5) is 0 Å². The zero-order valence-electron chi connectivity index (χ0n) is 14.0.